The third-order valence-electron chi connectivity index (χ3n) is 1.52. The van der Waals surface area contributed by atoms with Crippen LogP contribution in [0.5, 0.6) is 0 Å². The molecule has 0 aromatic heterocycles. The molecule has 0 saturated heterocycles. The predicted molar refractivity (Wildman–Crippen MR) is 49.6 cm³/mol. The summed E-state index contributed by atoms with van der Waals surface area (Å²) in [6, 6.07) is 0. The molecule has 0 aliphatic heterocycles. The summed E-state index contributed by atoms with van der Waals surface area (Å²) in [5, 5.41) is 0. The van der Waals surface area contributed by atoms with Gasteiger partial charge >= 0.3 is 0 Å². The Morgan fingerprint density at radius 2 is 2.22 bits per heavy atom. The zero-order chi connectivity index (χ0) is 6.91. The fraction of sp³-hybridized carbons (Fsp3) is 0.500. The molecule has 0 heterocycles. The molecule has 0 atom stereocenters. The van der Waals surface area contributed by atoms with Crippen LogP contribution in [0.1, 0.15) is 20.3 Å². The molecule has 0 fully saturated rings. The van der Waals surface area contributed by atoms with E-state index in [1.165, 1.54) is 10.0 Å². The molecule has 0 nitrogen and oxygen atoms in total. The summed E-state index contributed by atoms with van der Waals surface area (Å²) in [5.41, 5.74) is 0.397. The Kier molecular flexibility index (Phi) is 1.99. The molecule has 0 aromatic rings. The lowest BCUT2D eigenvalue weighted by Crippen LogP contribution is -2.07. The fourth-order valence-corrected chi connectivity index (χ4v) is 1.20. The van der Waals surface area contributed by atoms with E-state index in [4.69, 9.17) is 0 Å². The van der Waals surface area contributed by atoms with Crippen LogP contribution in [-0.4, -0.2) is 0 Å². The molecule has 1 aliphatic rings. The number of rotatable bonds is 0. The SMILES string of the molecule is CC1(C)C=CC(I)=CC1. The second-order valence-electron chi connectivity index (χ2n) is 3.12. The maximum Gasteiger partial charge on any atom is 0.00873 e. The lowest BCUT2D eigenvalue weighted by Gasteiger charge is -2.20. The first kappa shape index (κ1) is 7.32. The molecule has 1 heteroatoms. The number of hydrogen-bond acceptors (Lipinski definition) is 0. The van der Waals surface area contributed by atoms with Gasteiger partial charge in [0.05, 0.1) is 0 Å². The van der Waals surface area contributed by atoms with Crippen LogP contribution in [0.2, 0.25) is 0 Å². The fourth-order valence-electron chi connectivity index (χ4n) is 0.802. The van der Waals surface area contributed by atoms with Crippen molar-refractivity contribution in [2.45, 2.75) is 20.3 Å². The third kappa shape index (κ3) is 2.12. The van der Waals surface area contributed by atoms with Gasteiger partial charge in [0.1, 0.15) is 0 Å². The molecule has 0 N–H and O–H groups in total. The summed E-state index contributed by atoms with van der Waals surface area (Å²) in [4.78, 5) is 0. The molecule has 50 valence electrons. The molecule has 0 unspecified atom stereocenters. The van der Waals surface area contributed by atoms with E-state index in [9.17, 15) is 0 Å². The molecule has 0 aromatic carbocycles. The first-order valence-corrected chi connectivity index (χ1v) is 4.23. The topological polar surface area (TPSA) is 0 Å². The zero-order valence-corrected chi connectivity index (χ0v) is 7.97. The maximum atomic E-state index is 2.35. The standard InChI is InChI=1S/C8H11I/c1-8(2)5-3-7(9)4-6-8/h3-5H,6H2,1-2H3. The Hall–Kier alpha value is 0.210. The van der Waals surface area contributed by atoms with Crippen LogP contribution in [0.15, 0.2) is 21.8 Å². The largest absolute Gasteiger partial charge is 0.0775 e. The highest BCUT2D eigenvalue weighted by atomic mass is 127. The summed E-state index contributed by atoms with van der Waals surface area (Å²) < 4.78 is 1.37. The van der Waals surface area contributed by atoms with Crippen molar-refractivity contribution in [1.29, 1.82) is 0 Å². The number of halogens is 1. The Morgan fingerprint density at radius 1 is 1.56 bits per heavy atom. The van der Waals surface area contributed by atoms with E-state index in [2.05, 4.69) is 54.7 Å². The quantitative estimate of drug-likeness (QED) is 0.564. The minimum atomic E-state index is 0.397. The van der Waals surface area contributed by atoms with Crippen LogP contribution in [-0.2, 0) is 0 Å². The van der Waals surface area contributed by atoms with Crippen molar-refractivity contribution in [3.8, 4) is 0 Å². The number of allylic oxidation sites excluding steroid dienone is 4. The first-order chi connectivity index (χ1) is 4.10. The maximum absolute atomic E-state index is 2.35. The van der Waals surface area contributed by atoms with Gasteiger partial charge in [0.2, 0.25) is 0 Å². The molecule has 0 bridgehead atoms. The van der Waals surface area contributed by atoms with Gasteiger partial charge in [-0.15, -0.1) is 0 Å². The van der Waals surface area contributed by atoms with Crippen molar-refractivity contribution in [2.24, 2.45) is 5.41 Å². The monoisotopic (exact) mass is 234 g/mol. The molecule has 1 rings (SSSR count). The highest BCUT2D eigenvalue weighted by molar-refractivity contribution is 14.1. The summed E-state index contributed by atoms with van der Waals surface area (Å²) >= 11 is 2.35. The van der Waals surface area contributed by atoms with Gasteiger partial charge in [0.25, 0.3) is 0 Å². The van der Waals surface area contributed by atoms with Gasteiger partial charge in [-0.25, -0.2) is 0 Å². The second-order valence-corrected chi connectivity index (χ2v) is 4.36. The summed E-state index contributed by atoms with van der Waals surface area (Å²) in [6.45, 7) is 4.51. The summed E-state index contributed by atoms with van der Waals surface area (Å²) in [6.07, 6.45) is 7.92. The van der Waals surface area contributed by atoms with E-state index in [1.807, 2.05) is 0 Å². The smallest absolute Gasteiger partial charge is 0.00873 e. The Bertz CT molecular complexity index is 163. The Labute approximate surface area is 70.2 Å². The lowest BCUT2D eigenvalue weighted by atomic mass is 9.86. The van der Waals surface area contributed by atoms with Crippen LogP contribution >= 0.6 is 22.6 Å². The van der Waals surface area contributed by atoms with Gasteiger partial charge in [-0.3, -0.25) is 0 Å². The normalized spacial score (nSPS) is 23.7. The van der Waals surface area contributed by atoms with Gasteiger partial charge in [-0.05, 0) is 34.4 Å². The summed E-state index contributed by atoms with van der Waals surface area (Å²) in [7, 11) is 0. The van der Waals surface area contributed by atoms with E-state index in [0.29, 0.717) is 5.41 Å². The van der Waals surface area contributed by atoms with E-state index in [-0.39, 0.29) is 0 Å². The molecular weight excluding hydrogens is 223 g/mol. The molecular formula is C8H11I. The van der Waals surface area contributed by atoms with Crippen LogP contribution in [0.4, 0.5) is 0 Å². The predicted octanol–water partition coefficient (Wildman–Crippen LogP) is 3.29. The van der Waals surface area contributed by atoms with E-state index in [0.717, 1.165) is 0 Å². The van der Waals surface area contributed by atoms with Gasteiger partial charge in [0, 0.05) is 3.58 Å². The molecule has 9 heavy (non-hydrogen) atoms. The highest BCUT2D eigenvalue weighted by Crippen LogP contribution is 2.29. The van der Waals surface area contributed by atoms with Crippen LogP contribution in [0.25, 0.3) is 0 Å². The molecule has 0 saturated carbocycles. The minimum Gasteiger partial charge on any atom is -0.0775 e. The Morgan fingerprint density at radius 3 is 2.56 bits per heavy atom. The molecule has 0 amide bonds. The molecule has 0 radical (unpaired) electrons. The second kappa shape index (κ2) is 2.45. The van der Waals surface area contributed by atoms with Crippen molar-refractivity contribution in [3.63, 3.8) is 0 Å². The lowest BCUT2D eigenvalue weighted by molar-refractivity contribution is 0.484. The van der Waals surface area contributed by atoms with Crippen LogP contribution < -0.4 is 0 Å². The summed E-state index contributed by atoms with van der Waals surface area (Å²) in [5.74, 6) is 0. The average Bonchev–Trinajstić information content (AvgIpc) is 1.78. The van der Waals surface area contributed by atoms with E-state index < -0.39 is 0 Å². The first-order valence-electron chi connectivity index (χ1n) is 3.15. The van der Waals surface area contributed by atoms with E-state index in [1.54, 1.807) is 0 Å². The molecule has 0 spiro atoms. The zero-order valence-electron chi connectivity index (χ0n) is 5.82. The average molecular weight is 234 g/mol. The number of hydrogen-bond donors (Lipinski definition) is 0. The van der Waals surface area contributed by atoms with Gasteiger partial charge in [-0.1, -0.05) is 32.1 Å². The van der Waals surface area contributed by atoms with Crippen molar-refractivity contribution in [1.82, 2.24) is 0 Å². The van der Waals surface area contributed by atoms with Crippen molar-refractivity contribution in [2.75, 3.05) is 0 Å². The van der Waals surface area contributed by atoms with Crippen LogP contribution in [0, 0.1) is 5.41 Å². The van der Waals surface area contributed by atoms with Crippen LogP contribution in [0.3, 0.4) is 0 Å². The van der Waals surface area contributed by atoms with E-state index >= 15 is 0 Å². The van der Waals surface area contributed by atoms with Crippen molar-refractivity contribution in [3.05, 3.63) is 21.8 Å². The van der Waals surface area contributed by atoms with Crippen molar-refractivity contribution < 1.29 is 0 Å². The van der Waals surface area contributed by atoms with Gasteiger partial charge < -0.3 is 0 Å². The van der Waals surface area contributed by atoms with Gasteiger partial charge in [-0.2, -0.15) is 0 Å². The third-order valence-corrected chi connectivity index (χ3v) is 2.32. The Balaban J connectivity index is 2.70. The highest BCUT2D eigenvalue weighted by Gasteiger charge is 2.14. The molecule has 1 aliphatic carbocycles. The van der Waals surface area contributed by atoms with Crippen molar-refractivity contribution >= 4 is 22.6 Å². The minimum absolute atomic E-state index is 0.397. The van der Waals surface area contributed by atoms with Gasteiger partial charge in [0.15, 0.2) is 0 Å².